The van der Waals surface area contributed by atoms with E-state index in [-0.39, 0.29) is 31.0 Å². The van der Waals surface area contributed by atoms with Gasteiger partial charge in [-0.15, -0.1) is 22.7 Å². The fraction of sp³-hybridized carbons (Fsp3) is 0. The predicted octanol–water partition coefficient (Wildman–Crippen LogP) is 9.64. The van der Waals surface area contributed by atoms with Crippen molar-refractivity contribution in [3.8, 4) is 32.6 Å². The third-order valence-corrected chi connectivity index (χ3v) is 8.94. The zero-order chi connectivity index (χ0) is 27.1. The fourth-order valence-electron chi connectivity index (χ4n) is 4.86. The Hall–Kier alpha value is -4.16. The molecule has 7 heteroatoms. The van der Waals surface area contributed by atoms with Crippen LogP contribution in [0, 0.1) is 0 Å². The van der Waals surface area contributed by atoms with Gasteiger partial charge in [-0.3, -0.25) is 0 Å². The Morgan fingerprint density at radius 2 is 0.829 bits per heavy atom. The van der Waals surface area contributed by atoms with Crippen LogP contribution in [0.4, 0.5) is 0 Å². The predicted molar refractivity (Wildman–Crippen MR) is 168 cm³/mol. The largest absolute Gasteiger partial charge is 0.507 e. The molecule has 41 heavy (non-hydrogen) atoms. The van der Waals surface area contributed by atoms with Gasteiger partial charge in [-0.1, -0.05) is 84.9 Å². The number of fused-ring (bicyclic) bond motifs is 6. The fourth-order valence-corrected chi connectivity index (χ4v) is 6.89. The van der Waals surface area contributed by atoms with Crippen LogP contribution in [0.25, 0.3) is 63.1 Å². The summed E-state index contributed by atoms with van der Waals surface area (Å²) in [5, 5.41) is 26.3. The molecule has 8 rings (SSSR count). The van der Waals surface area contributed by atoms with Gasteiger partial charge in [-0.05, 0) is 47.2 Å². The van der Waals surface area contributed by atoms with Gasteiger partial charge in [0.05, 0.1) is 31.6 Å². The number of para-hydroxylation sites is 2. The Kier molecular flexibility index (Phi) is 7.50. The zero-order valence-corrected chi connectivity index (χ0v) is 26.5. The molecule has 0 fully saturated rings. The smallest absolute Gasteiger partial charge is 0.128 e. The van der Waals surface area contributed by atoms with Crippen molar-refractivity contribution >= 4 is 64.7 Å². The topological polar surface area (TPSA) is 66.2 Å². The number of rotatable bonds is 2. The monoisotopic (exact) mass is 618 g/mol. The minimum Gasteiger partial charge on any atom is -0.507 e. The molecular weight excluding hydrogens is 598 g/mol. The molecule has 8 aromatic rings. The molecule has 0 amide bonds. The first-order valence-electron chi connectivity index (χ1n) is 12.8. The van der Waals surface area contributed by atoms with Gasteiger partial charge in [0.2, 0.25) is 0 Å². The van der Waals surface area contributed by atoms with Crippen molar-refractivity contribution in [2.75, 3.05) is 0 Å². The van der Waals surface area contributed by atoms with Gasteiger partial charge in [0, 0.05) is 30.3 Å². The first kappa shape index (κ1) is 27.0. The summed E-state index contributed by atoms with van der Waals surface area (Å²) in [6, 6.07) is 39.6. The molecule has 194 valence electrons. The Morgan fingerprint density at radius 1 is 0.439 bits per heavy atom. The van der Waals surface area contributed by atoms with Crippen LogP contribution in [-0.4, -0.2) is 20.2 Å². The van der Waals surface area contributed by atoms with Gasteiger partial charge >= 0.3 is 0 Å². The zero-order valence-electron chi connectivity index (χ0n) is 21.9. The maximum absolute atomic E-state index is 9.97. The van der Waals surface area contributed by atoms with Gasteiger partial charge in [0.25, 0.3) is 0 Å². The van der Waals surface area contributed by atoms with E-state index in [2.05, 4.69) is 48.5 Å². The summed E-state index contributed by atoms with van der Waals surface area (Å²) in [5.74, 6) is 0.548. The number of phenolic OH excluding ortho intramolecular Hbond substituents is 2. The molecule has 4 nitrogen and oxygen atoms in total. The van der Waals surface area contributed by atoms with Crippen molar-refractivity contribution in [2.24, 2.45) is 0 Å². The van der Waals surface area contributed by atoms with E-state index in [1.807, 2.05) is 60.7 Å². The van der Waals surface area contributed by atoms with Crippen LogP contribution < -0.4 is 0 Å². The molecule has 0 bridgehead atoms. The minimum atomic E-state index is 0. The SMILES string of the molecule is Oc1ccccc1-c1nc2c(ccc3ccccc32)s1.Oc1ccccc1-c1nc2c(ccc3ccccc32)s1.[Zn]. The molecule has 2 heterocycles. The first-order chi connectivity index (χ1) is 19.7. The number of nitrogens with zero attached hydrogens (tertiary/aromatic N) is 2. The van der Waals surface area contributed by atoms with E-state index in [4.69, 9.17) is 9.97 Å². The van der Waals surface area contributed by atoms with E-state index < -0.39 is 0 Å². The van der Waals surface area contributed by atoms with E-state index in [0.29, 0.717) is 0 Å². The molecule has 0 unspecified atom stereocenters. The molecule has 0 atom stereocenters. The Morgan fingerprint density at radius 3 is 1.27 bits per heavy atom. The number of hydrogen-bond acceptors (Lipinski definition) is 6. The molecule has 0 saturated heterocycles. The molecule has 0 spiro atoms. The van der Waals surface area contributed by atoms with Crippen molar-refractivity contribution in [1.82, 2.24) is 9.97 Å². The van der Waals surface area contributed by atoms with E-state index >= 15 is 0 Å². The van der Waals surface area contributed by atoms with Crippen LogP contribution in [0.15, 0.2) is 121 Å². The van der Waals surface area contributed by atoms with Crippen molar-refractivity contribution in [1.29, 1.82) is 0 Å². The minimum absolute atomic E-state index is 0. The second-order valence-electron chi connectivity index (χ2n) is 9.34. The van der Waals surface area contributed by atoms with E-state index in [9.17, 15) is 10.2 Å². The van der Waals surface area contributed by atoms with Crippen LogP contribution in [0.1, 0.15) is 0 Å². The van der Waals surface area contributed by atoms with Gasteiger partial charge in [-0.2, -0.15) is 0 Å². The average Bonchev–Trinajstić information content (AvgIpc) is 3.63. The maximum Gasteiger partial charge on any atom is 0.128 e. The summed E-state index contributed by atoms with van der Waals surface area (Å²) in [6.45, 7) is 0. The summed E-state index contributed by atoms with van der Waals surface area (Å²) in [7, 11) is 0. The van der Waals surface area contributed by atoms with Gasteiger partial charge in [-0.25, -0.2) is 9.97 Å². The summed E-state index contributed by atoms with van der Waals surface area (Å²) in [6.07, 6.45) is 0. The normalized spacial score (nSPS) is 10.9. The van der Waals surface area contributed by atoms with E-state index in [1.165, 1.54) is 10.8 Å². The Balaban J connectivity index is 0.000000144. The maximum atomic E-state index is 9.97. The van der Waals surface area contributed by atoms with E-state index in [1.54, 1.807) is 34.8 Å². The molecule has 2 aromatic heterocycles. The number of thiazole rings is 2. The second-order valence-corrected chi connectivity index (χ2v) is 11.4. The molecule has 0 radical (unpaired) electrons. The van der Waals surface area contributed by atoms with Gasteiger partial charge in [0.1, 0.15) is 21.5 Å². The van der Waals surface area contributed by atoms with E-state index in [0.717, 1.165) is 52.3 Å². The number of aromatic hydroxyl groups is 2. The van der Waals surface area contributed by atoms with Gasteiger partial charge < -0.3 is 10.2 Å². The second kappa shape index (κ2) is 11.4. The summed E-state index contributed by atoms with van der Waals surface area (Å²) >= 11 is 3.22. The molecule has 0 saturated carbocycles. The van der Waals surface area contributed by atoms with Gasteiger partial charge in [0.15, 0.2) is 0 Å². The van der Waals surface area contributed by atoms with Crippen LogP contribution >= 0.6 is 22.7 Å². The number of phenols is 2. The Bertz CT molecular complexity index is 2020. The van der Waals surface area contributed by atoms with Crippen molar-refractivity contribution < 1.29 is 29.7 Å². The van der Waals surface area contributed by atoms with Crippen molar-refractivity contribution in [2.45, 2.75) is 0 Å². The standard InChI is InChI=1S/2C17H11NOS.Zn/c2*19-14-8-4-3-7-13(14)17-18-16-12-6-2-1-5-11(12)9-10-15(16)20-17;/h2*1-10,19H;. The van der Waals surface area contributed by atoms with Crippen LogP contribution in [0.5, 0.6) is 11.5 Å². The summed E-state index contributed by atoms with van der Waals surface area (Å²) < 4.78 is 2.28. The molecule has 6 aromatic carbocycles. The quantitative estimate of drug-likeness (QED) is 0.189. The van der Waals surface area contributed by atoms with Crippen LogP contribution in [0.2, 0.25) is 0 Å². The van der Waals surface area contributed by atoms with Crippen LogP contribution in [0.3, 0.4) is 0 Å². The number of benzene rings is 6. The molecular formula is C34H22N2O2S2Zn. The number of hydrogen-bond donors (Lipinski definition) is 2. The molecule has 0 aliphatic carbocycles. The summed E-state index contributed by atoms with van der Waals surface area (Å²) in [4.78, 5) is 9.46. The molecule has 0 aliphatic rings. The Labute approximate surface area is 257 Å². The molecule has 0 aliphatic heterocycles. The van der Waals surface area contributed by atoms with Crippen LogP contribution in [-0.2, 0) is 19.5 Å². The third-order valence-electron chi connectivity index (χ3n) is 6.84. The third kappa shape index (κ3) is 5.09. The van der Waals surface area contributed by atoms with Crippen molar-refractivity contribution in [3.63, 3.8) is 0 Å². The van der Waals surface area contributed by atoms with Crippen molar-refractivity contribution in [3.05, 3.63) is 121 Å². The first-order valence-corrected chi connectivity index (χ1v) is 14.4. The number of aromatic nitrogens is 2. The molecule has 2 N–H and O–H groups in total. The average molecular weight is 620 g/mol. The summed E-state index contributed by atoms with van der Waals surface area (Å²) in [5.41, 5.74) is 3.59.